The zero-order valence-electron chi connectivity index (χ0n) is 14.5. The summed E-state index contributed by atoms with van der Waals surface area (Å²) >= 11 is 5.95. The summed E-state index contributed by atoms with van der Waals surface area (Å²) in [4.78, 5) is 26.8. The molecular weight excluding hydrogens is 423 g/mol. The molecule has 0 bridgehead atoms. The van der Waals surface area contributed by atoms with Crippen molar-refractivity contribution in [3.8, 4) is 0 Å². The van der Waals surface area contributed by atoms with Crippen molar-refractivity contribution >= 4 is 29.2 Å². The van der Waals surface area contributed by atoms with Gasteiger partial charge in [-0.1, -0.05) is 23.7 Å². The number of pyridine rings is 1. The fourth-order valence-electron chi connectivity index (χ4n) is 2.27. The lowest BCUT2D eigenvalue weighted by atomic mass is 10.2. The number of carbonyl (C=O) groups excluding carboxylic acids is 1. The molecule has 0 spiro atoms. The number of benzene rings is 1. The number of amides is 1. The second-order valence-corrected chi connectivity index (χ2v) is 6.51. The standard InChI is InChI=1S/C16H13ClF2N2O.C2HF3O2/c17-12-4-3-5-13(8-12)21(10-11-9-16(11,18)19)15(22)14-6-1-2-7-20-14;3-2(4,5)1(6)7/h1-8,11H,9-10H2;(H,6,7). The van der Waals surface area contributed by atoms with Crippen molar-refractivity contribution in [2.75, 3.05) is 11.4 Å². The second-order valence-electron chi connectivity index (χ2n) is 6.08. The van der Waals surface area contributed by atoms with Gasteiger partial charge in [0.15, 0.2) is 0 Å². The van der Waals surface area contributed by atoms with E-state index in [0.29, 0.717) is 10.7 Å². The Bertz CT molecular complexity index is 877. The summed E-state index contributed by atoms with van der Waals surface area (Å²) in [5.74, 6) is -6.68. The molecule has 1 unspecified atom stereocenters. The number of alkyl halides is 5. The fourth-order valence-corrected chi connectivity index (χ4v) is 2.45. The first kappa shape index (κ1) is 22.5. The first-order valence-corrected chi connectivity index (χ1v) is 8.46. The maximum Gasteiger partial charge on any atom is 0.490 e. The van der Waals surface area contributed by atoms with Crippen molar-refractivity contribution < 1.29 is 36.6 Å². The van der Waals surface area contributed by atoms with Crippen molar-refractivity contribution in [1.29, 1.82) is 0 Å². The van der Waals surface area contributed by atoms with Crippen LogP contribution in [-0.4, -0.2) is 40.6 Å². The van der Waals surface area contributed by atoms with Crippen LogP contribution in [0, 0.1) is 5.92 Å². The molecule has 1 N–H and O–H groups in total. The Morgan fingerprint density at radius 3 is 2.28 bits per heavy atom. The Hall–Kier alpha value is -2.75. The SMILES string of the molecule is O=C(O)C(F)(F)F.O=C(c1ccccn1)N(CC1CC1(F)F)c1cccc(Cl)c1. The smallest absolute Gasteiger partial charge is 0.475 e. The largest absolute Gasteiger partial charge is 0.490 e. The minimum Gasteiger partial charge on any atom is -0.475 e. The van der Waals surface area contributed by atoms with E-state index >= 15 is 0 Å². The molecule has 1 heterocycles. The van der Waals surface area contributed by atoms with Gasteiger partial charge in [-0.15, -0.1) is 0 Å². The molecule has 1 aromatic heterocycles. The van der Waals surface area contributed by atoms with Crippen molar-refractivity contribution in [3.63, 3.8) is 0 Å². The molecule has 5 nitrogen and oxygen atoms in total. The highest BCUT2D eigenvalue weighted by molar-refractivity contribution is 6.31. The van der Waals surface area contributed by atoms with E-state index in [1.54, 1.807) is 42.5 Å². The molecule has 1 atom stereocenters. The molecule has 1 fully saturated rings. The van der Waals surface area contributed by atoms with Crippen LogP contribution in [0.25, 0.3) is 0 Å². The van der Waals surface area contributed by atoms with Crippen molar-refractivity contribution in [2.24, 2.45) is 5.92 Å². The number of hydrogen-bond acceptors (Lipinski definition) is 3. The van der Waals surface area contributed by atoms with Gasteiger partial charge in [0.05, 0.1) is 0 Å². The molecule has 11 heteroatoms. The molecule has 29 heavy (non-hydrogen) atoms. The molecule has 1 amide bonds. The van der Waals surface area contributed by atoms with Crippen molar-refractivity contribution in [2.45, 2.75) is 18.5 Å². The zero-order chi connectivity index (χ0) is 21.8. The summed E-state index contributed by atoms with van der Waals surface area (Å²) in [6.45, 7) is -0.0528. The van der Waals surface area contributed by atoms with Crippen LogP contribution in [-0.2, 0) is 4.79 Å². The van der Waals surface area contributed by atoms with Gasteiger partial charge < -0.3 is 10.0 Å². The average Bonchev–Trinajstić information content (AvgIpc) is 3.26. The molecule has 1 saturated carbocycles. The van der Waals surface area contributed by atoms with Crippen molar-refractivity contribution in [3.05, 3.63) is 59.4 Å². The summed E-state index contributed by atoms with van der Waals surface area (Å²) in [5, 5.41) is 7.57. The van der Waals surface area contributed by atoms with Crippen LogP contribution >= 0.6 is 11.6 Å². The number of nitrogens with zero attached hydrogens (tertiary/aromatic N) is 2. The Kier molecular flexibility index (Phi) is 6.78. The summed E-state index contributed by atoms with van der Waals surface area (Å²) in [6.07, 6.45) is -3.78. The second kappa shape index (κ2) is 8.73. The third-order valence-electron chi connectivity index (χ3n) is 3.85. The number of aromatic nitrogens is 1. The van der Waals surface area contributed by atoms with E-state index in [4.69, 9.17) is 21.5 Å². The van der Waals surface area contributed by atoms with Crippen LogP contribution in [0.1, 0.15) is 16.9 Å². The quantitative estimate of drug-likeness (QED) is 0.707. The van der Waals surface area contributed by atoms with Crippen LogP contribution in [0.2, 0.25) is 5.02 Å². The van der Waals surface area contributed by atoms with Gasteiger partial charge in [0.1, 0.15) is 5.69 Å². The molecule has 1 aliphatic rings. The van der Waals surface area contributed by atoms with E-state index < -0.39 is 29.9 Å². The van der Waals surface area contributed by atoms with Crippen molar-refractivity contribution in [1.82, 2.24) is 4.98 Å². The van der Waals surface area contributed by atoms with Gasteiger partial charge in [-0.05, 0) is 30.3 Å². The first-order chi connectivity index (χ1) is 13.4. The highest BCUT2D eigenvalue weighted by atomic mass is 35.5. The van der Waals surface area contributed by atoms with Crippen LogP contribution in [0.3, 0.4) is 0 Å². The molecule has 156 valence electrons. The molecular formula is C18H14ClF5N2O3. The first-order valence-electron chi connectivity index (χ1n) is 8.08. The lowest BCUT2D eigenvalue weighted by Crippen LogP contribution is -2.34. The monoisotopic (exact) mass is 436 g/mol. The van der Waals surface area contributed by atoms with Crippen LogP contribution in [0.15, 0.2) is 48.7 Å². The van der Waals surface area contributed by atoms with E-state index in [-0.39, 0.29) is 18.7 Å². The van der Waals surface area contributed by atoms with Gasteiger partial charge in [-0.3, -0.25) is 9.78 Å². The number of hydrogen-bond donors (Lipinski definition) is 1. The zero-order valence-corrected chi connectivity index (χ0v) is 15.3. The van der Waals surface area contributed by atoms with E-state index in [0.717, 1.165) is 0 Å². The van der Waals surface area contributed by atoms with Gasteiger partial charge in [0.25, 0.3) is 11.8 Å². The fraction of sp³-hybridized carbons (Fsp3) is 0.278. The predicted molar refractivity (Wildman–Crippen MR) is 94.1 cm³/mol. The number of carboxylic acids is 1. The third-order valence-corrected chi connectivity index (χ3v) is 4.09. The maximum absolute atomic E-state index is 13.2. The molecule has 3 rings (SSSR count). The lowest BCUT2D eigenvalue weighted by molar-refractivity contribution is -0.192. The molecule has 0 aliphatic heterocycles. The van der Waals surface area contributed by atoms with Gasteiger partial charge in [0, 0.05) is 35.8 Å². The van der Waals surface area contributed by atoms with Gasteiger partial charge in [-0.25, -0.2) is 13.6 Å². The summed E-state index contributed by atoms with van der Waals surface area (Å²) in [6, 6.07) is 11.5. The highest BCUT2D eigenvalue weighted by Gasteiger charge is 2.57. The normalized spacial score (nSPS) is 17.0. The Labute approximate surface area is 166 Å². The molecule has 0 radical (unpaired) electrons. The Balaban J connectivity index is 0.000000370. The minimum atomic E-state index is -5.08. The number of anilines is 1. The molecule has 1 aliphatic carbocycles. The highest BCUT2D eigenvalue weighted by Crippen LogP contribution is 2.49. The minimum absolute atomic E-state index is 0.0528. The van der Waals surface area contributed by atoms with Gasteiger partial charge in [0.2, 0.25) is 0 Å². The van der Waals surface area contributed by atoms with Gasteiger partial charge >= 0.3 is 12.1 Å². The Morgan fingerprint density at radius 2 is 1.83 bits per heavy atom. The van der Waals surface area contributed by atoms with E-state index in [1.165, 1.54) is 11.1 Å². The number of carbonyl (C=O) groups is 2. The summed E-state index contributed by atoms with van der Waals surface area (Å²) in [5.41, 5.74) is 0.706. The number of halogens is 6. The maximum atomic E-state index is 13.2. The summed E-state index contributed by atoms with van der Waals surface area (Å²) < 4.78 is 58.2. The molecule has 1 aromatic carbocycles. The lowest BCUT2D eigenvalue weighted by Gasteiger charge is -2.22. The number of rotatable bonds is 4. The predicted octanol–water partition coefficient (Wildman–Crippen LogP) is 4.67. The Morgan fingerprint density at radius 1 is 1.21 bits per heavy atom. The molecule has 2 aromatic rings. The van der Waals surface area contributed by atoms with E-state index in [1.807, 2.05) is 0 Å². The molecule has 0 saturated heterocycles. The topological polar surface area (TPSA) is 70.5 Å². The van der Waals surface area contributed by atoms with E-state index in [9.17, 15) is 26.7 Å². The van der Waals surface area contributed by atoms with Crippen LogP contribution in [0.5, 0.6) is 0 Å². The average molecular weight is 437 g/mol. The number of aliphatic carboxylic acids is 1. The number of carboxylic acid groups (broad SMARTS) is 1. The van der Waals surface area contributed by atoms with E-state index in [2.05, 4.69) is 4.98 Å². The van der Waals surface area contributed by atoms with Crippen LogP contribution in [0.4, 0.5) is 27.6 Å². The van der Waals surface area contributed by atoms with Gasteiger partial charge in [-0.2, -0.15) is 13.2 Å². The third kappa shape index (κ3) is 6.38. The summed E-state index contributed by atoms with van der Waals surface area (Å²) in [7, 11) is 0. The van der Waals surface area contributed by atoms with Crippen LogP contribution < -0.4 is 4.90 Å².